The Kier molecular flexibility index (Phi) is 5.06. The van der Waals surface area contributed by atoms with Gasteiger partial charge in [-0.2, -0.15) is 0 Å². The maximum atomic E-state index is 11.1. The van der Waals surface area contributed by atoms with E-state index in [1.807, 2.05) is 31.2 Å². The summed E-state index contributed by atoms with van der Waals surface area (Å²) in [7, 11) is 0. The zero-order valence-corrected chi connectivity index (χ0v) is 12.5. The second kappa shape index (κ2) is 6.99. The van der Waals surface area contributed by atoms with Gasteiger partial charge in [0.15, 0.2) is 0 Å². The molecule has 0 atom stereocenters. The van der Waals surface area contributed by atoms with Crippen molar-refractivity contribution in [1.82, 2.24) is 0 Å². The van der Waals surface area contributed by atoms with E-state index in [1.54, 1.807) is 18.2 Å². The van der Waals surface area contributed by atoms with Crippen molar-refractivity contribution in [3.8, 4) is 5.75 Å². The van der Waals surface area contributed by atoms with E-state index in [9.17, 15) is 4.79 Å². The molecule has 0 aliphatic heterocycles. The third-order valence-corrected chi connectivity index (χ3v) is 3.25. The lowest BCUT2D eigenvalue weighted by atomic mass is 10.1. The minimum Gasteiger partial charge on any atom is -0.494 e. The van der Waals surface area contributed by atoms with Gasteiger partial charge in [-0.25, -0.2) is 0 Å². The minimum absolute atomic E-state index is 0.320. The maximum Gasteiger partial charge on any atom is 0.250 e. The van der Waals surface area contributed by atoms with Crippen LogP contribution in [-0.2, 0) is 6.54 Å². The van der Waals surface area contributed by atoms with Gasteiger partial charge in [-0.3, -0.25) is 4.79 Å². The second-order valence-electron chi connectivity index (χ2n) is 4.49. The third-order valence-electron chi connectivity index (χ3n) is 2.94. The lowest BCUT2D eigenvalue weighted by Crippen LogP contribution is -2.11. The molecule has 110 valence electrons. The number of halogens is 1. The normalized spacial score (nSPS) is 10.2. The fourth-order valence-electron chi connectivity index (χ4n) is 1.94. The fourth-order valence-corrected chi connectivity index (χ4v) is 2.21. The molecule has 2 aromatic carbocycles. The van der Waals surface area contributed by atoms with E-state index in [-0.39, 0.29) is 0 Å². The summed E-state index contributed by atoms with van der Waals surface area (Å²) in [4.78, 5) is 11.1. The molecule has 2 aromatic rings. The van der Waals surface area contributed by atoms with Crippen molar-refractivity contribution in [2.45, 2.75) is 13.5 Å². The van der Waals surface area contributed by atoms with E-state index in [0.29, 0.717) is 23.7 Å². The zero-order valence-electron chi connectivity index (χ0n) is 11.7. The van der Waals surface area contributed by atoms with Gasteiger partial charge < -0.3 is 15.8 Å². The van der Waals surface area contributed by atoms with Crippen molar-refractivity contribution in [3.05, 3.63) is 58.6 Å². The molecule has 0 aromatic heterocycles. The summed E-state index contributed by atoms with van der Waals surface area (Å²) in [5.74, 6) is 0.315. The van der Waals surface area contributed by atoms with E-state index < -0.39 is 5.91 Å². The molecule has 0 fully saturated rings. The molecule has 0 bridgehead atoms. The Bertz CT molecular complexity index is 644. The Morgan fingerprint density at radius 1 is 1.29 bits per heavy atom. The number of nitrogens with two attached hydrogens (primary N) is 1. The molecule has 0 unspecified atom stereocenters. The Balaban J connectivity index is 2.04. The lowest BCUT2D eigenvalue weighted by Gasteiger charge is -2.10. The highest BCUT2D eigenvalue weighted by atomic mass is 35.5. The predicted octanol–water partition coefficient (Wildman–Crippen LogP) is 3.45. The summed E-state index contributed by atoms with van der Waals surface area (Å²) < 4.78 is 5.46. The van der Waals surface area contributed by atoms with E-state index in [4.69, 9.17) is 22.1 Å². The van der Waals surface area contributed by atoms with Crippen LogP contribution in [0.1, 0.15) is 22.8 Å². The van der Waals surface area contributed by atoms with Gasteiger partial charge in [-0.15, -0.1) is 0 Å². The Morgan fingerprint density at radius 2 is 2.10 bits per heavy atom. The zero-order chi connectivity index (χ0) is 15.2. The Labute approximate surface area is 128 Å². The number of ether oxygens (including phenoxy) is 1. The van der Waals surface area contributed by atoms with E-state index in [1.165, 1.54) is 0 Å². The average Bonchev–Trinajstić information content (AvgIpc) is 2.45. The number of anilines is 1. The summed E-state index contributed by atoms with van der Waals surface area (Å²) in [6.45, 7) is 3.22. The number of rotatable bonds is 6. The van der Waals surface area contributed by atoms with Crippen LogP contribution in [0, 0.1) is 0 Å². The lowest BCUT2D eigenvalue weighted by molar-refractivity contribution is 0.100. The highest BCUT2D eigenvalue weighted by Gasteiger charge is 2.07. The molecule has 0 heterocycles. The third kappa shape index (κ3) is 4.13. The maximum absolute atomic E-state index is 11.1. The summed E-state index contributed by atoms with van der Waals surface area (Å²) in [5.41, 5.74) is 7.46. The first kappa shape index (κ1) is 15.2. The number of hydrogen-bond donors (Lipinski definition) is 2. The molecule has 0 saturated carbocycles. The van der Waals surface area contributed by atoms with E-state index in [0.717, 1.165) is 17.0 Å². The number of hydrogen-bond acceptors (Lipinski definition) is 3. The molecule has 4 nitrogen and oxygen atoms in total. The van der Waals surface area contributed by atoms with Gasteiger partial charge in [-0.05, 0) is 42.8 Å². The Morgan fingerprint density at radius 3 is 2.76 bits per heavy atom. The number of carbonyl (C=O) groups excluding carboxylic acids is 1. The van der Waals surface area contributed by atoms with Crippen LogP contribution >= 0.6 is 11.6 Å². The molecule has 2 rings (SSSR count). The molecule has 1 amide bonds. The number of benzene rings is 2. The second-order valence-corrected chi connectivity index (χ2v) is 4.90. The average molecular weight is 305 g/mol. The molecule has 21 heavy (non-hydrogen) atoms. The van der Waals surface area contributed by atoms with Crippen LogP contribution in [0.15, 0.2) is 42.5 Å². The topological polar surface area (TPSA) is 64.3 Å². The van der Waals surface area contributed by atoms with Gasteiger partial charge in [0.05, 0.1) is 17.2 Å². The van der Waals surface area contributed by atoms with Gasteiger partial charge in [0.25, 0.3) is 0 Å². The van der Waals surface area contributed by atoms with Gasteiger partial charge in [0, 0.05) is 12.2 Å². The van der Waals surface area contributed by atoms with Crippen molar-refractivity contribution < 1.29 is 9.53 Å². The van der Waals surface area contributed by atoms with Crippen LogP contribution in [0.2, 0.25) is 5.02 Å². The van der Waals surface area contributed by atoms with Gasteiger partial charge in [0.2, 0.25) is 5.91 Å². The largest absolute Gasteiger partial charge is 0.494 e. The smallest absolute Gasteiger partial charge is 0.250 e. The predicted molar refractivity (Wildman–Crippen MR) is 84.9 cm³/mol. The summed E-state index contributed by atoms with van der Waals surface area (Å²) >= 11 is 6.01. The number of carbonyl (C=O) groups is 1. The fraction of sp³-hybridized carbons (Fsp3) is 0.188. The van der Waals surface area contributed by atoms with Crippen LogP contribution in [0.5, 0.6) is 5.75 Å². The Hall–Kier alpha value is -2.20. The van der Waals surface area contributed by atoms with E-state index >= 15 is 0 Å². The molecule has 0 aliphatic rings. The first-order valence-corrected chi connectivity index (χ1v) is 7.03. The van der Waals surface area contributed by atoms with Crippen molar-refractivity contribution in [1.29, 1.82) is 0 Å². The highest BCUT2D eigenvalue weighted by molar-refractivity contribution is 6.34. The molecule has 0 spiro atoms. The van der Waals surface area contributed by atoms with Gasteiger partial charge >= 0.3 is 0 Å². The summed E-state index contributed by atoms with van der Waals surface area (Å²) in [6.07, 6.45) is 0. The van der Waals surface area contributed by atoms with Crippen LogP contribution in [-0.4, -0.2) is 12.5 Å². The van der Waals surface area contributed by atoms with Crippen molar-refractivity contribution in [3.63, 3.8) is 0 Å². The van der Waals surface area contributed by atoms with Crippen LogP contribution in [0.25, 0.3) is 0 Å². The van der Waals surface area contributed by atoms with Crippen molar-refractivity contribution in [2.75, 3.05) is 11.9 Å². The SMILES string of the molecule is CCOc1cccc(CNc2ccc(C(N)=O)c(Cl)c2)c1. The van der Waals surface area contributed by atoms with Crippen LogP contribution in [0.4, 0.5) is 5.69 Å². The van der Waals surface area contributed by atoms with Crippen molar-refractivity contribution in [2.24, 2.45) is 5.73 Å². The van der Waals surface area contributed by atoms with Crippen LogP contribution in [0.3, 0.4) is 0 Å². The highest BCUT2D eigenvalue weighted by Crippen LogP contribution is 2.21. The van der Waals surface area contributed by atoms with Crippen LogP contribution < -0.4 is 15.8 Å². The molecular formula is C16H17ClN2O2. The monoisotopic (exact) mass is 304 g/mol. The molecule has 3 N–H and O–H groups in total. The quantitative estimate of drug-likeness (QED) is 0.859. The molecule has 0 aliphatic carbocycles. The molecule has 5 heteroatoms. The van der Waals surface area contributed by atoms with E-state index in [2.05, 4.69) is 5.32 Å². The summed E-state index contributed by atoms with van der Waals surface area (Å²) in [5, 5.41) is 3.59. The van der Waals surface area contributed by atoms with Crippen molar-refractivity contribution >= 4 is 23.2 Å². The number of nitrogens with one attached hydrogen (secondary N) is 1. The van der Waals surface area contributed by atoms with Gasteiger partial charge in [-0.1, -0.05) is 23.7 Å². The molecule has 0 radical (unpaired) electrons. The molecule has 0 saturated heterocycles. The van der Waals surface area contributed by atoms with Gasteiger partial charge in [0.1, 0.15) is 5.75 Å². The first-order valence-electron chi connectivity index (χ1n) is 6.65. The minimum atomic E-state index is -0.532. The number of primary amides is 1. The number of amides is 1. The summed E-state index contributed by atoms with van der Waals surface area (Å²) in [6, 6.07) is 12.9. The molecular weight excluding hydrogens is 288 g/mol. The first-order chi connectivity index (χ1) is 10.1. The standard InChI is InChI=1S/C16H17ClN2O2/c1-2-21-13-5-3-4-11(8-13)10-19-12-6-7-14(16(18)20)15(17)9-12/h3-9,19H,2,10H2,1H3,(H2,18,20).